The molecule has 0 spiro atoms. The molecule has 0 fully saturated rings. The van der Waals surface area contributed by atoms with E-state index in [2.05, 4.69) is 55.3 Å². The molecular formula is C23H23N5O3. The summed E-state index contributed by atoms with van der Waals surface area (Å²) in [6, 6.07) is 12.3. The molecule has 0 saturated heterocycles. The van der Waals surface area contributed by atoms with Crippen LogP contribution in [0.25, 0.3) is 22.4 Å². The summed E-state index contributed by atoms with van der Waals surface area (Å²) in [5.41, 5.74) is 5.33. The van der Waals surface area contributed by atoms with E-state index in [1.807, 2.05) is 25.1 Å². The van der Waals surface area contributed by atoms with Crippen molar-refractivity contribution in [2.45, 2.75) is 13.5 Å². The topological polar surface area (TPSA) is 84.2 Å². The van der Waals surface area contributed by atoms with Crippen LogP contribution in [0.5, 0.6) is 17.6 Å². The molecule has 0 radical (unpaired) electrons. The summed E-state index contributed by atoms with van der Waals surface area (Å²) < 4.78 is 17.8. The van der Waals surface area contributed by atoms with E-state index in [4.69, 9.17) is 14.2 Å². The normalized spacial score (nSPS) is 10.7. The summed E-state index contributed by atoms with van der Waals surface area (Å²) in [5, 5.41) is 8.67. The minimum Gasteiger partial charge on any atom is -0.497 e. The van der Waals surface area contributed by atoms with Crippen LogP contribution in [0.3, 0.4) is 0 Å². The van der Waals surface area contributed by atoms with E-state index < -0.39 is 0 Å². The number of aromatic nitrogens is 5. The molecule has 0 aliphatic heterocycles. The largest absolute Gasteiger partial charge is 0.497 e. The number of hydrogen-bond acceptors (Lipinski definition) is 7. The molecule has 3 heterocycles. The van der Waals surface area contributed by atoms with Crippen LogP contribution < -0.4 is 14.2 Å². The Bertz CT molecular complexity index is 1190. The molecule has 4 rings (SSSR count). The van der Waals surface area contributed by atoms with Crippen LogP contribution in [-0.2, 0) is 6.54 Å². The first-order valence-corrected chi connectivity index (χ1v) is 9.70. The minimum absolute atomic E-state index is 0.233. The van der Waals surface area contributed by atoms with Gasteiger partial charge in [0.2, 0.25) is 5.88 Å². The van der Waals surface area contributed by atoms with Gasteiger partial charge in [0.1, 0.15) is 11.4 Å². The van der Waals surface area contributed by atoms with Crippen LogP contribution in [0.2, 0.25) is 0 Å². The van der Waals surface area contributed by atoms with Crippen LogP contribution in [0.1, 0.15) is 11.3 Å². The molecule has 8 heteroatoms. The Hall–Kier alpha value is -3.94. The third-order valence-electron chi connectivity index (χ3n) is 4.95. The Morgan fingerprint density at radius 2 is 1.71 bits per heavy atom. The summed E-state index contributed by atoms with van der Waals surface area (Å²) in [6.07, 6.45) is 5.78. The standard InChI is InChI=1S/C23H23N5O3/c1-15-19(11-21(27-26-15)20-12-24-23(31-4)25-22(20)30-3)17-9-10-28(14-17)13-16-5-7-18(29-2)8-6-16/h5-12,14H,13H2,1-4H3. The van der Waals surface area contributed by atoms with E-state index >= 15 is 0 Å². The predicted molar refractivity (Wildman–Crippen MR) is 116 cm³/mol. The Balaban J connectivity index is 1.63. The van der Waals surface area contributed by atoms with Gasteiger partial charge in [-0.05, 0) is 36.8 Å². The second-order valence-electron chi connectivity index (χ2n) is 6.93. The third kappa shape index (κ3) is 4.32. The third-order valence-corrected chi connectivity index (χ3v) is 4.95. The summed E-state index contributed by atoms with van der Waals surface area (Å²) in [6.45, 7) is 2.70. The smallest absolute Gasteiger partial charge is 0.319 e. The highest BCUT2D eigenvalue weighted by Gasteiger charge is 2.15. The lowest BCUT2D eigenvalue weighted by atomic mass is 10.1. The van der Waals surface area contributed by atoms with Crippen molar-refractivity contribution in [2.75, 3.05) is 21.3 Å². The fourth-order valence-electron chi connectivity index (χ4n) is 3.30. The average Bonchev–Trinajstić information content (AvgIpc) is 3.27. The minimum atomic E-state index is 0.233. The van der Waals surface area contributed by atoms with Crippen LogP contribution >= 0.6 is 0 Å². The van der Waals surface area contributed by atoms with Gasteiger partial charge >= 0.3 is 6.01 Å². The van der Waals surface area contributed by atoms with Gasteiger partial charge in [-0.3, -0.25) is 0 Å². The van der Waals surface area contributed by atoms with Gasteiger partial charge in [-0.2, -0.15) is 10.1 Å². The fraction of sp³-hybridized carbons (Fsp3) is 0.217. The van der Waals surface area contributed by atoms with Gasteiger partial charge in [0, 0.05) is 36.3 Å². The molecular weight excluding hydrogens is 394 g/mol. The zero-order valence-electron chi connectivity index (χ0n) is 17.9. The van der Waals surface area contributed by atoms with Crippen LogP contribution in [-0.4, -0.2) is 46.1 Å². The number of nitrogens with zero attached hydrogens (tertiary/aromatic N) is 5. The number of aryl methyl sites for hydroxylation is 1. The molecule has 0 saturated carbocycles. The number of rotatable bonds is 7. The highest BCUT2D eigenvalue weighted by Crippen LogP contribution is 2.31. The van der Waals surface area contributed by atoms with Gasteiger partial charge in [0.15, 0.2) is 0 Å². The molecule has 158 valence electrons. The lowest BCUT2D eigenvalue weighted by Gasteiger charge is -2.09. The molecule has 3 aromatic heterocycles. The Kier molecular flexibility index (Phi) is 5.79. The van der Waals surface area contributed by atoms with Gasteiger partial charge in [0.05, 0.1) is 32.6 Å². The summed E-state index contributed by atoms with van der Waals surface area (Å²) in [5.74, 6) is 1.23. The van der Waals surface area contributed by atoms with Crippen molar-refractivity contribution >= 4 is 0 Å². The molecule has 4 aromatic rings. The average molecular weight is 417 g/mol. The van der Waals surface area contributed by atoms with Crippen molar-refractivity contribution in [2.24, 2.45) is 0 Å². The number of benzene rings is 1. The van der Waals surface area contributed by atoms with Gasteiger partial charge in [0.25, 0.3) is 0 Å². The van der Waals surface area contributed by atoms with E-state index in [-0.39, 0.29) is 6.01 Å². The lowest BCUT2D eigenvalue weighted by molar-refractivity contribution is 0.353. The maximum Gasteiger partial charge on any atom is 0.319 e. The van der Waals surface area contributed by atoms with E-state index in [1.165, 1.54) is 12.7 Å². The predicted octanol–water partition coefficient (Wildman–Crippen LogP) is 3.78. The number of ether oxygens (including phenoxy) is 3. The van der Waals surface area contributed by atoms with Crippen molar-refractivity contribution < 1.29 is 14.2 Å². The maximum atomic E-state index is 5.39. The quantitative estimate of drug-likeness (QED) is 0.452. The Morgan fingerprint density at radius 1 is 0.903 bits per heavy atom. The summed E-state index contributed by atoms with van der Waals surface area (Å²) in [4.78, 5) is 8.41. The molecule has 0 unspecified atom stereocenters. The molecule has 0 atom stereocenters. The Morgan fingerprint density at radius 3 is 2.42 bits per heavy atom. The molecule has 0 aliphatic carbocycles. The summed E-state index contributed by atoms with van der Waals surface area (Å²) >= 11 is 0. The molecule has 31 heavy (non-hydrogen) atoms. The zero-order valence-corrected chi connectivity index (χ0v) is 17.9. The first-order valence-electron chi connectivity index (χ1n) is 9.70. The van der Waals surface area contributed by atoms with Gasteiger partial charge in [-0.1, -0.05) is 12.1 Å². The van der Waals surface area contributed by atoms with Crippen LogP contribution in [0, 0.1) is 6.92 Å². The zero-order chi connectivity index (χ0) is 21.8. The second-order valence-corrected chi connectivity index (χ2v) is 6.93. The van der Waals surface area contributed by atoms with Crippen molar-refractivity contribution in [3.63, 3.8) is 0 Å². The van der Waals surface area contributed by atoms with Crippen molar-refractivity contribution in [3.05, 3.63) is 66.2 Å². The molecule has 1 aromatic carbocycles. The maximum absolute atomic E-state index is 5.39. The number of methoxy groups -OCH3 is 3. The monoisotopic (exact) mass is 417 g/mol. The van der Waals surface area contributed by atoms with E-state index in [9.17, 15) is 0 Å². The van der Waals surface area contributed by atoms with Gasteiger partial charge in [-0.15, -0.1) is 5.10 Å². The number of hydrogen-bond donors (Lipinski definition) is 0. The van der Waals surface area contributed by atoms with Crippen LogP contribution in [0.4, 0.5) is 0 Å². The van der Waals surface area contributed by atoms with E-state index in [0.29, 0.717) is 17.1 Å². The second kappa shape index (κ2) is 8.83. The van der Waals surface area contributed by atoms with Gasteiger partial charge < -0.3 is 18.8 Å². The highest BCUT2D eigenvalue weighted by atomic mass is 16.5. The molecule has 0 N–H and O–H groups in total. The molecule has 8 nitrogen and oxygen atoms in total. The first-order chi connectivity index (χ1) is 15.1. The fourth-order valence-corrected chi connectivity index (χ4v) is 3.30. The van der Waals surface area contributed by atoms with E-state index in [1.54, 1.807) is 20.4 Å². The summed E-state index contributed by atoms with van der Waals surface area (Å²) in [7, 11) is 4.72. The molecule has 0 bridgehead atoms. The van der Waals surface area contributed by atoms with Crippen molar-refractivity contribution in [1.29, 1.82) is 0 Å². The first kappa shape index (κ1) is 20.3. The van der Waals surface area contributed by atoms with Gasteiger partial charge in [-0.25, -0.2) is 4.98 Å². The SMILES string of the molecule is COc1ccc(Cn2ccc(-c3cc(-c4cnc(OC)nc4OC)nnc3C)c2)cc1. The van der Waals surface area contributed by atoms with Crippen LogP contribution in [0.15, 0.2) is 55.0 Å². The Labute approximate surface area is 180 Å². The van der Waals surface area contributed by atoms with E-state index in [0.717, 1.165) is 29.1 Å². The molecule has 0 amide bonds. The van der Waals surface area contributed by atoms with Crippen molar-refractivity contribution in [1.82, 2.24) is 24.7 Å². The molecule has 0 aliphatic rings. The van der Waals surface area contributed by atoms with Crippen molar-refractivity contribution in [3.8, 4) is 40.0 Å². The lowest BCUT2D eigenvalue weighted by Crippen LogP contribution is -2.00. The highest BCUT2D eigenvalue weighted by molar-refractivity contribution is 5.73.